The van der Waals surface area contributed by atoms with Crippen molar-refractivity contribution in [3.8, 4) is 0 Å². The van der Waals surface area contributed by atoms with Crippen molar-refractivity contribution in [1.82, 2.24) is 4.90 Å². The van der Waals surface area contributed by atoms with Gasteiger partial charge in [-0.15, -0.1) is 12.4 Å². The predicted octanol–water partition coefficient (Wildman–Crippen LogP) is -0.177. The molecule has 5 heteroatoms. The van der Waals surface area contributed by atoms with Crippen molar-refractivity contribution < 1.29 is 14.6 Å². The van der Waals surface area contributed by atoms with Crippen LogP contribution in [0.4, 0.5) is 0 Å². The van der Waals surface area contributed by atoms with Gasteiger partial charge in [-0.05, 0) is 7.05 Å². The standard InChI is InChI=1S/C6H11NO3.ClH/c1-7-2-3-10-4-5(7)6(8)9;/h5H,2-4H2,1H3,(H,8,9);1H/t5-;/m0./s1. The van der Waals surface area contributed by atoms with Crippen LogP contribution in [-0.2, 0) is 9.53 Å². The van der Waals surface area contributed by atoms with Crippen LogP contribution in [-0.4, -0.2) is 48.8 Å². The van der Waals surface area contributed by atoms with Gasteiger partial charge in [-0.1, -0.05) is 0 Å². The number of likely N-dealkylation sites (N-methyl/N-ethyl adjacent to an activating group) is 1. The van der Waals surface area contributed by atoms with Crippen LogP contribution >= 0.6 is 12.4 Å². The zero-order chi connectivity index (χ0) is 7.56. The molecule has 0 aliphatic carbocycles. The first-order chi connectivity index (χ1) is 4.72. The van der Waals surface area contributed by atoms with Crippen molar-refractivity contribution in [3.05, 3.63) is 0 Å². The van der Waals surface area contributed by atoms with Gasteiger partial charge in [-0.2, -0.15) is 0 Å². The molecule has 0 aromatic heterocycles. The summed E-state index contributed by atoms with van der Waals surface area (Å²) in [5.41, 5.74) is 0. The number of morpholine rings is 1. The molecule has 1 heterocycles. The van der Waals surface area contributed by atoms with Gasteiger partial charge < -0.3 is 9.84 Å². The van der Waals surface area contributed by atoms with Crippen LogP contribution in [0.3, 0.4) is 0 Å². The second kappa shape index (κ2) is 4.54. The molecule has 1 aliphatic rings. The van der Waals surface area contributed by atoms with E-state index in [2.05, 4.69) is 0 Å². The lowest BCUT2D eigenvalue weighted by atomic mass is 10.2. The summed E-state index contributed by atoms with van der Waals surface area (Å²) in [6.07, 6.45) is 0. The predicted molar refractivity (Wildman–Crippen MR) is 42.1 cm³/mol. The lowest BCUT2D eigenvalue weighted by Gasteiger charge is -2.28. The first kappa shape index (κ1) is 10.7. The van der Waals surface area contributed by atoms with Crippen molar-refractivity contribution in [2.45, 2.75) is 6.04 Å². The normalized spacial score (nSPS) is 25.7. The van der Waals surface area contributed by atoms with E-state index in [0.29, 0.717) is 19.8 Å². The highest BCUT2D eigenvalue weighted by molar-refractivity contribution is 5.85. The van der Waals surface area contributed by atoms with Gasteiger partial charge in [0.05, 0.1) is 13.2 Å². The molecule has 0 unspecified atom stereocenters. The van der Waals surface area contributed by atoms with E-state index in [-0.39, 0.29) is 12.4 Å². The highest BCUT2D eigenvalue weighted by Crippen LogP contribution is 2.02. The number of carbonyl (C=O) groups is 1. The van der Waals surface area contributed by atoms with Crippen molar-refractivity contribution >= 4 is 18.4 Å². The average Bonchev–Trinajstić information content (AvgIpc) is 1.88. The number of aliphatic carboxylic acids is 1. The summed E-state index contributed by atoms with van der Waals surface area (Å²) < 4.78 is 4.99. The molecule has 1 aliphatic heterocycles. The lowest BCUT2D eigenvalue weighted by molar-refractivity contribution is -0.148. The molecule has 1 atom stereocenters. The van der Waals surface area contributed by atoms with Crippen molar-refractivity contribution in [1.29, 1.82) is 0 Å². The summed E-state index contributed by atoms with van der Waals surface area (Å²) >= 11 is 0. The summed E-state index contributed by atoms with van der Waals surface area (Å²) in [7, 11) is 1.79. The van der Waals surface area contributed by atoms with E-state index in [9.17, 15) is 4.79 Å². The Morgan fingerprint density at radius 1 is 1.73 bits per heavy atom. The minimum Gasteiger partial charge on any atom is -0.480 e. The van der Waals surface area contributed by atoms with Crippen molar-refractivity contribution in [3.63, 3.8) is 0 Å². The van der Waals surface area contributed by atoms with Gasteiger partial charge >= 0.3 is 5.97 Å². The molecule has 0 amide bonds. The van der Waals surface area contributed by atoms with E-state index in [1.54, 1.807) is 11.9 Å². The quantitative estimate of drug-likeness (QED) is 0.610. The fraction of sp³-hybridized carbons (Fsp3) is 0.833. The first-order valence-corrected chi connectivity index (χ1v) is 3.22. The van der Waals surface area contributed by atoms with Gasteiger partial charge in [0.25, 0.3) is 0 Å². The Bertz CT molecular complexity index is 142. The molecule has 1 saturated heterocycles. The van der Waals surface area contributed by atoms with E-state index in [1.165, 1.54) is 0 Å². The summed E-state index contributed by atoms with van der Waals surface area (Å²) in [5, 5.41) is 8.59. The zero-order valence-corrected chi connectivity index (χ0v) is 7.13. The molecule has 0 radical (unpaired) electrons. The van der Waals surface area contributed by atoms with Crippen LogP contribution in [0.1, 0.15) is 0 Å². The van der Waals surface area contributed by atoms with Crippen LogP contribution in [0.25, 0.3) is 0 Å². The van der Waals surface area contributed by atoms with Gasteiger partial charge in [0.2, 0.25) is 0 Å². The second-order valence-corrected chi connectivity index (χ2v) is 2.41. The molecule has 1 N–H and O–H groups in total. The topological polar surface area (TPSA) is 49.8 Å². The number of nitrogens with zero attached hydrogens (tertiary/aromatic N) is 1. The van der Waals surface area contributed by atoms with Gasteiger partial charge in [0, 0.05) is 6.54 Å². The van der Waals surface area contributed by atoms with E-state index in [0.717, 1.165) is 0 Å². The van der Waals surface area contributed by atoms with Crippen LogP contribution in [0.2, 0.25) is 0 Å². The molecular weight excluding hydrogens is 170 g/mol. The Labute approximate surface area is 71.5 Å². The fourth-order valence-electron chi connectivity index (χ4n) is 0.946. The summed E-state index contributed by atoms with van der Waals surface area (Å²) in [4.78, 5) is 12.2. The maximum Gasteiger partial charge on any atom is 0.323 e. The number of rotatable bonds is 1. The van der Waals surface area contributed by atoms with Crippen molar-refractivity contribution in [2.24, 2.45) is 0 Å². The van der Waals surface area contributed by atoms with E-state index >= 15 is 0 Å². The minimum absolute atomic E-state index is 0. The molecule has 66 valence electrons. The Morgan fingerprint density at radius 3 is 2.73 bits per heavy atom. The molecule has 0 aromatic rings. The third-order valence-corrected chi connectivity index (χ3v) is 1.68. The number of ether oxygens (including phenoxy) is 1. The zero-order valence-electron chi connectivity index (χ0n) is 6.32. The number of carboxylic acids is 1. The van der Waals surface area contributed by atoms with E-state index in [4.69, 9.17) is 9.84 Å². The Kier molecular flexibility index (Phi) is 4.40. The van der Waals surface area contributed by atoms with Crippen LogP contribution in [0.5, 0.6) is 0 Å². The molecule has 1 fully saturated rings. The Balaban J connectivity index is 0.000001000. The monoisotopic (exact) mass is 181 g/mol. The Morgan fingerprint density at radius 2 is 2.36 bits per heavy atom. The molecular formula is C6H12ClNO3. The molecule has 0 spiro atoms. The minimum atomic E-state index is -0.804. The SMILES string of the molecule is CN1CCOC[C@H]1C(=O)O.Cl. The van der Waals surface area contributed by atoms with Crippen molar-refractivity contribution in [2.75, 3.05) is 26.8 Å². The summed E-state index contributed by atoms with van der Waals surface area (Å²) in [5.74, 6) is -0.804. The fourth-order valence-corrected chi connectivity index (χ4v) is 0.946. The highest BCUT2D eigenvalue weighted by Gasteiger charge is 2.25. The number of hydrogen-bond donors (Lipinski definition) is 1. The largest absolute Gasteiger partial charge is 0.480 e. The molecule has 0 bridgehead atoms. The Hall–Kier alpha value is -0.320. The third kappa shape index (κ3) is 2.65. The van der Waals surface area contributed by atoms with Gasteiger partial charge in [0.1, 0.15) is 6.04 Å². The number of hydrogen-bond acceptors (Lipinski definition) is 3. The molecule has 4 nitrogen and oxygen atoms in total. The van der Waals surface area contributed by atoms with Gasteiger partial charge in [-0.3, -0.25) is 9.69 Å². The molecule has 0 aromatic carbocycles. The summed E-state index contributed by atoms with van der Waals surface area (Å²) in [6.45, 7) is 1.66. The highest BCUT2D eigenvalue weighted by atomic mass is 35.5. The van der Waals surface area contributed by atoms with Gasteiger partial charge in [0.15, 0.2) is 0 Å². The number of halogens is 1. The van der Waals surface area contributed by atoms with Crippen LogP contribution < -0.4 is 0 Å². The third-order valence-electron chi connectivity index (χ3n) is 1.68. The summed E-state index contributed by atoms with van der Waals surface area (Å²) in [6, 6.07) is -0.450. The lowest BCUT2D eigenvalue weighted by Crippen LogP contribution is -2.47. The molecule has 11 heavy (non-hydrogen) atoms. The van der Waals surface area contributed by atoms with Gasteiger partial charge in [-0.25, -0.2) is 0 Å². The van der Waals surface area contributed by atoms with Crippen LogP contribution in [0.15, 0.2) is 0 Å². The van der Waals surface area contributed by atoms with E-state index < -0.39 is 12.0 Å². The maximum absolute atomic E-state index is 10.4. The van der Waals surface area contributed by atoms with E-state index in [1.807, 2.05) is 0 Å². The molecule has 1 rings (SSSR count). The average molecular weight is 182 g/mol. The smallest absolute Gasteiger partial charge is 0.323 e. The molecule has 0 saturated carbocycles. The second-order valence-electron chi connectivity index (χ2n) is 2.41. The number of carboxylic acid groups (broad SMARTS) is 1. The maximum atomic E-state index is 10.4. The first-order valence-electron chi connectivity index (χ1n) is 3.22. The van der Waals surface area contributed by atoms with Crippen LogP contribution in [0, 0.1) is 0 Å².